The minimum absolute atomic E-state index is 0.0208. The van der Waals surface area contributed by atoms with Gasteiger partial charge in [0.1, 0.15) is 23.1 Å². The van der Waals surface area contributed by atoms with Crippen LogP contribution in [0, 0.1) is 11.6 Å². The van der Waals surface area contributed by atoms with E-state index in [2.05, 4.69) is 30.7 Å². The van der Waals surface area contributed by atoms with E-state index in [1.165, 1.54) is 29.2 Å². The van der Waals surface area contributed by atoms with Crippen molar-refractivity contribution in [2.24, 2.45) is 7.05 Å². The van der Waals surface area contributed by atoms with E-state index in [1.54, 1.807) is 7.05 Å². The minimum atomic E-state index is -4.65. The van der Waals surface area contributed by atoms with Crippen LogP contribution in [0.3, 0.4) is 0 Å². The molecule has 3 aromatic heterocycles. The van der Waals surface area contributed by atoms with E-state index in [4.69, 9.17) is 0 Å². The normalized spacial score (nSPS) is 11.4. The highest BCUT2D eigenvalue weighted by molar-refractivity contribution is 6.03. The van der Waals surface area contributed by atoms with Crippen molar-refractivity contribution in [1.82, 2.24) is 24.7 Å². The molecule has 180 valence electrons. The van der Waals surface area contributed by atoms with E-state index >= 15 is 0 Å². The predicted molar refractivity (Wildman–Crippen MR) is 115 cm³/mol. The predicted octanol–water partition coefficient (Wildman–Crippen LogP) is 4.43. The average Bonchev–Trinajstić information content (AvgIpc) is 3.22. The van der Waals surface area contributed by atoms with Gasteiger partial charge < -0.3 is 10.6 Å². The molecule has 4 aromatic rings. The molecule has 0 saturated carbocycles. The summed E-state index contributed by atoms with van der Waals surface area (Å²) in [5, 5.41) is 9.29. The van der Waals surface area contributed by atoms with Gasteiger partial charge in [-0.15, -0.1) is 0 Å². The highest BCUT2D eigenvalue weighted by atomic mass is 19.4. The number of hydrogen-bond acceptors (Lipinski definition) is 6. The molecule has 1 amide bonds. The van der Waals surface area contributed by atoms with Crippen molar-refractivity contribution in [2.45, 2.75) is 12.7 Å². The molecule has 0 saturated heterocycles. The van der Waals surface area contributed by atoms with Gasteiger partial charge in [0.25, 0.3) is 5.91 Å². The number of carbonyl (C=O) groups excluding carboxylic acids is 1. The Morgan fingerprint density at radius 1 is 1.06 bits per heavy atom. The van der Waals surface area contributed by atoms with Crippen LogP contribution >= 0.6 is 0 Å². The van der Waals surface area contributed by atoms with Crippen LogP contribution in [0.4, 0.5) is 33.5 Å². The Morgan fingerprint density at radius 2 is 1.86 bits per heavy atom. The van der Waals surface area contributed by atoms with E-state index in [9.17, 15) is 26.7 Å². The number of nitrogens with zero attached hydrogens (tertiary/aromatic N) is 5. The largest absolute Gasteiger partial charge is 0.417 e. The van der Waals surface area contributed by atoms with Crippen LogP contribution in [0.2, 0.25) is 0 Å². The highest BCUT2D eigenvalue weighted by Crippen LogP contribution is 2.31. The lowest BCUT2D eigenvalue weighted by Crippen LogP contribution is -2.16. The van der Waals surface area contributed by atoms with Crippen molar-refractivity contribution in [3.8, 4) is 11.4 Å². The number of hydrogen-bond donors (Lipinski definition) is 2. The second kappa shape index (κ2) is 9.44. The molecule has 2 N–H and O–H groups in total. The van der Waals surface area contributed by atoms with Gasteiger partial charge in [0, 0.05) is 55.4 Å². The van der Waals surface area contributed by atoms with E-state index in [-0.39, 0.29) is 35.0 Å². The van der Waals surface area contributed by atoms with Crippen molar-refractivity contribution >= 4 is 17.4 Å². The molecule has 13 heteroatoms. The topological polar surface area (TPSA) is 97.6 Å². The van der Waals surface area contributed by atoms with Crippen molar-refractivity contribution < 1.29 is 26.7 Å². The first-order chi connectivity index (χ1) is 16.6. The zero-order valence-corrected chi connectivity index (χ0v) is 17.9. The number of benzene rings is 1. The smallest absolute Gasteiger partial charge is 0.366 e. The van der Waals surface area contributed by atoms with Crippen LogP contribution in [0.25, 0.3) is 11.4 Å². The minimum Gasteiger partial charge on any atom is -0.366 e. The first kappa shape index (κ1) is 23.7. The molecule has 8 nitrogen and oxygen atoms in total. The summed E-state index contributed by atoms with van der Waals surface area (Å²) >= 11 is 0. The molecule has 0 radical (unpaired) electrons. The fourth-order valence-electron chi connectivity index (χ4n) is 3.03. The number of amides is 1. The van der Waals surface area contributed by atoms with Gasteiger partial charge in [-0.25, -0.2) is 18.7 Å². The summed E-state index contributed by atoms with van der Waals surface area (Å²) in [6, 6.07) is 5.06. The molecule has 0 aliphatic carbocycles. The fourth-order valence-corrected chi connectivity index (χ4v) is 3.03. The third-order valence-electron chi connectivity index (χ3n) is 4.72. The van der Waals surface area contributed by atoms with Gasteiger partial charge in [0.2, 0.25) is 0 Å². The number of anilines is 2. The maximum Gasteiger partial charge on any atom is 0.417 e. The number of rotatable bonds is 6. The van der Waals surface area contributed by atoms with Crippen LogP contribution in [0.1, 0.15) is 21.6 Å². The standard InChI is InChI=1S/C22H16F5N7O/c1-34-11-16(10-30-34)31-21(35)18-6-19(29-8-12-2-3-15(23)5-17(12)24)33-20(32-18)13-4-14(9-28-7-13)22(25,26)27/h2-7,9-11H,8H2,1H3,(H,31,35)(H,29,32,33). The van der Waals surface area contributed by atoms with E-state index in [0.29, 0.717) is 18.0 Å². The number of pyridine rings is 1. The molecule has 0 aliphatic heterocycles. The van der Waals surface area contributed by atoms with Crippen LogP contribution in [0.15, 0.2) is 55.1 Å². The second-order valence-electron chi connectivity index (χ2n) is 7.37. The van der Waals surface area contributed by atoms with Crippen LogP contribution in [-0.4, -0.2) is 30.6 Å². The summed E-state index contributed by atoms with van der Waals surface area (Å²) in [4.78, 5) is 24.6. The molecule has 3 heterocycles. The average molecular weight is 489 g/mol. The molecule has 0 fully saturated rings. The molecular formula is C22H16F5N7O. The molecular weight excluding hydrogens is 473 g/mol. The zero-order chi connectivity index (χ0) is 25.2. The summed E-state index contributed by atoms with van der Waals surface area (Å²) in [7, 11) is 1.65. The number of halogens is 5. The number of aromatic nitrogens is 5. The van der Waals surface area contributed by atoms with Gasteiger partial charge in [-0.3, -0.25) is 14.5 Å². The Labute approximate surface area is 194 Å². The molecule has 0 atom stereocenters. The molecule has 35 heavy (non-hydrogen) atoms. The number of aryl methyl sites for hydroxylation is 1. The lowest BCUT2D eigenvalue weighted by Gasteiger charge is -2.12. The second-order valence-corrected chi connectivity index (χ2v) is 7.37. The Bertz CT molecular complexity index is 1390. The maximum atomic E-state index is 14.0. The van der Waals surface area contributed by atoms with Crippen molar-refractivity contribution in [3.63, 3.8) is 0 Å². The number of carbonyl (C=O) groups is 1. The maximum absolute atomic E-state index is 14.0. The summed E-state index contributed by atoms with van der Waals surface area (Å²) in [6.45, 7) is -0.146. The molecule has 1 aromatic carbocycles. The van der Waals surface area contributed by atoms with E-state index in [0.717, 1.165) is 18.3 Å². The summed E-state index contributed by atoms with van der Waals surface area (Å²) in [6.07, 6.45) is 0.0512. The van der Waals surface area contributed by atoms with Crippen molar-refractivity contribution in [3.05, 3.63) is 83.6 Å². The van der Waals surface area contributed by atoms with Crippen LogP contribution in [0.5, 0.6) is 0 Å². The van der Waals surface area contributed by atoms with Gasteiger partial charge in [-0.1, -0.05) is 6.07 Å². The Hall–Kier alpha value is -4.42. The molecule has 0 unspecified atom stereocenters. The first-order valence-corrected chi connectivity index (χ1v) is 9.98. The molecule has 0 spiro atoms. The fraction of sp³-hybridized carbons (Fsp3) is 0.136. The van der Waals surface area contributed by atoms with Crippen LogP contribution in [-0.2, 0) is 19.8 Å². The van der Waals surface area contributed by atoms with Gasteiger partial charge >= 0.3 is 6.18 Å². The highest BCUT2D eigenvalue weighted by Gasteiger charge is 2.31. The molecule has 4 rings (SSSR count). The SMILES string of the molecule is Cn1cc(NC(=O)c2cc(NCc3ccc(F)cc3F)nc(-c3cncc(C(F)(F)F)c3)n2)cn1. The van der Waals surface area contributed by atoms with E-state index < -0.39 is 29.3 Å². The third kappa shape index (κ3) is 5.75. The lowest BCUT2D eigenvalue weighted by atomic mass is 10.2. The van der Waals surface area contributed by atoms with Crippen molar-refractivity contribution in [2.75, 3.05) is 10.6 Å². The Kier molecular flexibility index (Phi) is 6.40. The monoisotopic (exact) mass is 489 g/mol. The van der Waals surface area contributed by atoms with Gasteiger partial charge in [0.15, 0.2) is 5.82 Å². The Morgan fingerprint density at radius 3 is 2.54 bits per heavy atom. The first-order valence-electron chi connectivity index (χ1n) is 9.98. The summed E-state index contributed by atoms with van der Waals surface area (Å²) in [5.74, 6) is -2.43. The molecule has 0 bridgehead atoms. The number of nitrogens with one attached hydrogen (secondary N) is 2. The van der Waals surface area contributed by atoms with Gasteiger partial charge in [-0.2, -0.15) is 18.3 Å². The summed E-state index contributed by atoms with van der Waals surface area (Å²) < 4.78 is 68.1. The molecule has 0 aliphatic rings. The lowest BCUT2D eigenvalue weighted by molar-refractivity contribution is -0.137. The van der Waals surface area contributed by atoms with Gasteiger partial charge in [-0.05, 0) is 12.1 Å². The van der Waals surface area contributed by atoms with Crippen LogP contribution < -0.4 is 10.6 Å². The quantitative estimate of drug-likeness (QED) is 0.389. The van der Waals surface area contributed by atoms with Crippen molar-refractivity contribution in [1.29, 1.82) is 0 Å². The van der Waals surface area contributed by atoms with Gasteiger partial charge in [0.05, 0.1) is 17.4 Å². The van der Waals surface area contributed by atoms with E-state index in [1.807, 2.05) is 0 Å². The Balaban J connectivity index is 1.69. The number of alkyl halides is 3. The third-order valence-corrected chi connectivity index (χ3v) is 4.72. The summed E-state index contributed by atoms with van der Waals surface area (Å²) in [5.41, 5.74) is -0.827. The zero-order valence-electron chi connectivity index (χ0n) is 17.9.